The van der Waals surface area contributed by atoms with Crippen LogP contribution >= 0.6 is 15.9 Å². The molecule has 0 spiro atoms. The van der Waals surface area contributed by atoms with Gasteiger partial charge in [-0.2, -0.15) is 0 Å². The zero-order valence-electron chi connectivity index (χ0n) is 11.5. The molecular weight excluding hydrogens is 330 g/mol. The van der Waals surface area contributed by atoms with Gasteiger partial charge in [-0.1, -0.05) is 46.3 Å². The molecule has 0 aliphatic carbocycles. The molecule has 0 heterocycles. The summed E-state index contributed by atoms with van der Waals surface area (Å²) in [7, 11) is 0. The van der Waals surface area contributed by atoms with E-state index in [4.69, 9.17) is 4.74 Å². The number of halogens is 1. The molecule has 0 radical (unpaired) electrons. The van der Waals surface area contributed by atoms with E-state index < -0.39 is 0 Å². The number of amides is 1. The number of hydrogen-bond acceptors (Lipinski definition) is 2. The minimum absolute atomic E-state index is 0.0271. The van der Waals surface area contributed by atoms with Crippen molar-refractivity contribution in [3.8, 4) is 5.75 Å². The maximum Gasteiger partial charge on any atom is 0.262 e. The number of hydrogen-bond donors (Lipinski definition) is 1. The van der Waals surface area contributed by atoms with E-state index in [1.807, 2.05) is 54.6 Å². The summed E-state index contributed by atoms with van der Waals surface area (Å²) in [4.78, 5) is 11.9. The molecule has 4 heteroatoms. The van der Waals surface area contributed by atoms with E-state index in [-0.39, 0.29) is 12.5 Å². The molecule has 2 rings (SSSR count). The normalized spacial score (nSPS) is 9.95. The fraction of sp³-hybridized carbons (Fsp3) is 0.118. The molecule has 1 amide bonds. The molecule has 2 aromatic rings. The third kappa shape index (κ3) is 4.76. The number of rotatable bonds is 6. The van der Waals surface area contributed by atoms with Crippen molar-refractivity contribution in [1.29, 1.82) is 0 Å². The second kappa shape index (κ2) is 7.64. The number of anilines is 1. The van der Waals surface area contributed by atoms with E-state index >= 15 is 0 Å². The molecular formula is C17H16BrNO2. The minimum atomic E-state index is -0.193. The SMILES string of the molecule is C=CCc1ccccc1OCC(=O)Nc1cccc(Br)c1. The molecule has 0 unspecified atom stereocenters. The van der Waals surface area contributed by atoms with Gasteiger partial charge in [-0.25, -0.2) is 0 Å². The van der Waals surface area contributed by atoms with Gasteiger partial charge < -0.3 is 10.1 Å². The highest BCUT2D eigenvalue weighted by Crippen LogP contribution is 2.19. The quantitative estimate of drug-likeness (QED) is 0.797. The van der Waals surface area contributed by atoms with Crippen LogP contribution in [0.5, 0.6) is 5.75 Å². The van der Waals surface area contributed by atoms with Crippen molar-refractivity contribution in [2.24, 2.45) is 0 Å². The van der Waals surface area contributed by atoms with Crippen molar-refractivity contribution in [3.63, 3.8) is 0 Å². The number of nitrogens with one attached hydrogen (secondary N) is 1. The number of allylic oxidation sites excluding steroid dienone is 1. The lowest BCUT2D eigenvalue weighted by Gasteiger charge is -2.10. The first kappa shape index (κ1) is 15.3. The zero-order valence-corrected chi connectivity index (χ0v) is 13.1. The van der Waals surface area contributed by atoms with Crippen LogP contribution in [0.25, 0.3) is 0 Å². The molecule has 0 bridgehead atoms. The summed E-state index contributed by atoms with van der Waals surface area (Å²) in [6.07, 6.45) is 2.52. The average molecular weight is 346 g/mol. The van der Waals surface area contributed by atoms with Gasteiger partial charge in [0.05, 0.1) is 0 Å². The van der Waals surface area contributed by atoms with E-state index in [0.717, 1.165) is 15.7 Å². The first-order chi connectivity index (χ1) is 10.2. The lowest BCUT2D eigenvalue weighted by atomic mass is 10.1. The van der Waals surface area contributed by atoms with E-state index in [9.17, 15) is 4.79 Å². The summed E-state index contributed by atoms with van der Waals surface area (Å²) >= 11 is 3.36. The van der Waals surface area contributed by atoms with Crippen LogP contribution in [0.4, 0.5) is 5.69 Å². The molecule has 0 aliphatic heterocycles. The molecule has 0 fully saturated rings. The number of carbonyl (C=O) groups is 1. The Hall–Kier alpha value is -2.07. The van der Waals surface area contributed by atoms with Gasteiger partial charge in [-0.3, -0.25) is 4.79 Å². The second-order valence-corrected chi connectivity index (χ2v) is 5.36. The highest BCUT2D eigenvalue weighted by Gasteiger charge is 2.06. The monoisotopic (exact) mass is 345 g/mol. The number of ether oxygens (including phenoxy) is 1. The Morgan fingerprint density at radius 1 is 1.24 bits per heavy atom. The van der Waals surface area contributed by atoms with E-state index in [1.54, 1.807) is 0 Å². The molecule has 0 aliphatic rings. The molecule has 21 heavy (non-hydrogen) atoms. The van der Waals surface area contributed by atoms with Crippen molar-refractivity contribution < 1.29 is 9.53 Å². The van der Waals surface area contributed by atoms with Crippen molar-refractivity contribution in [3.05, 3.63) is 71.2 Å². The van der Waals surface area contributed by atoms with Crippen LogP contribution in [0.2, 0.25) is 0 Å². The fourth-order valence-electron chi connectivity index (χ4n) is 1.88. The van der Waals surface area contributed by atoms with Crippen molar-refractivity contribution in [1.82, 2.24) is 0 Å². The van der Waals surface area contributed by atoms with Crippen LogP contribution in [-0.4, -0.2) is 12.5 Å². The molecule has 0 aromatic heterocycles. The van der Waals surface area contributed by atoms with Gasteiger partial charge in [0.25, 0.3) is 5.91 Å². The second-order valence-electron chi connectivity index (χ2n) is 4.45. The molecule has 3 nitrogen and oxygen atoms in total. The Bertz CT molecular complexity index is 640. The summed E-state index contributed by atoms with van der Waals surface area (Å²) in [5.41, 5.74) is 1.75. The van der Waals surface area contributed by atoms with E-state index in [1.165, 1.54) is 0 Å². The van der Waals surface area contributed by atoms with Crippen molar-refractivity contribution in [2.75, 3.05) is 11.9 Å². The Labute approximate surface area is 132 Å². The van der Waals surface area contributed by atoms with Crippen molar-refractivity contribution >= 4 is 27.5 Å². The predicted molar refractivity (Wildman–Crippen MR) is 88.6 cm³/mol. The third-order valence-electron chi connectivity index (χ3n) is 2.80. The van der Waals surface area contributed by atoms with Gasteiger partial charge in [0.2, 0.25) is 0 Å². The largest absolute Gasteiger partial charge is 0.483 e. The van der Waals surface area contributed by atoms with Gasteiger partial charge in [0.15, 0.2) is 6.61 Å². The Kier molecular flexibility index (Phi) is 5.58. The highest BCUT2D eigenvalue weighted by molar-refractivity contribution is 9.10. The van der Waals surface area contributed by atoms with Gasteiger partial charge >= 0.3 is 0 Å². The Morgan fingerprint density at radius 2 is 2.05 bits per heavy atom. The van der Waals surface area contributed by atoms with Crippen LogP contribution in [0.3, 0.4) is 0 Å². The maximum atomic E-state index is 11.9. The van der Waals surface area contributed by atoms with E-state index in [0.29, 0.717) is 12.2 Å². The molecule has 0 saturated carbocycles. The van der Waals surface area contributed by atoms with Crippen LogP contribution in [0.15, 0.2) is 65.7 Å². The molecule has 2 aromatic carbocycles. The van der Waals surface area contributed by atoms with Gasteiger partial charge in [0, 0.05) is 10.2 Å². The summed E-state index contributed by atoms with van der Waals surface area (Å²) in [6.45, 7) is 3.69. The summed E-state index contributed by atoms with van der Waals surface area (Å²) in [6, 6.07) is 15.1. The van der Waals surface area contributed by atoms with Crippen LogP contribution in [0.1, 0.15) is 5.56 Å². The standard InChI is InChI=1S/C17H16BrNO2/c1-2-6-13-7-3-4-10-16(13)21-12-17(20)19-15-9-5-8-14(18)11-15/h2-5,7-11H,1,6,12H2,(H,19,20). The number of para-hydroxylation sites is 1. The first-order valence-electron chi connectivity index (χ1n) is 6.56. The first-order valence-corrected chi connectivity index (χ1v) is 7.35. The van der Waals surface area contributed by atoms with Crippen molar-refractivity contribution in [2.45, 2.75) is 6.42 Å². The fourth-order valence-corrected chi connectivity index (χ4v) is 2.27. The maximum absolute atomic E-state index is 11.9. The topological polar surface area (TPSA) is 38.3 Å². The van der Waals surface area contributed by atoms with Gasteiger partial charge in [-0.05, 0) is 36.2 Å². The van der Waals surface area contributed by atoms with Gasteiger partial charge in [-0.15, -0.1) is 6.58 Å². The minimum Gasteiger partial charge on any atom is -0.483 e. The summed E-state index contributed by atoms with van der Waals surface area (Å²) in [5.74, 6) is 0.517. The highest BCUT2D eigenvalue weighted by atomic mass is 79.9. The van der Waals surface area contributed by atoms with Crippen LogP contribution in [-0.2, 0) is 11.2 Å². The summed E-state index contributed by atoms with van der Waals surface area (Å²) in [5, 5.41) is 2.79. The Morgan fingerprint density at radius 3 is 2.81 bits per heavy atom. The third-order valence-corrected chi connectivity index (χ3v) is 3.30. The zero-order chi connectivity index (χ0) is 15.1. The summed E-state index contributed by atoms with van der Waals surface area (Å²) < 4.78 is 6.50. The smallest absolute Gasteiger partial charge is 0.262 e. The molecule has 0 atom stereocenters. The number of benzene rings is 2. The van der Waals surface area contributed by atoms with E-state index in [2.05, 4.69) is 27.8 Å². The average Bonchev–Trinajstić information content (AvgIpc) is 2.47. The lowest BCUT2D eigenvalue weighted by molar-refractivity contribution is -0.118. The predicted octanol–water partition coefficient (Wildman–Crippen LogP) is 4.20. The lowest BCUT2D eigenvalue weighted by Crippen LogP contribution is -2.20. The number of carbonyl (C=O) groups excluding carboxylic acids is 1. The van der Waals surface area contributed by atoms with Crippen LogP contribution < -0.4 is 10.1 Å². The van der Waals surface area contributed by atoms with Gasteiger partial charge in [0.1, 0.15) is 5.75 Å². The molecule has 0 saturated heterocycles. The van der Waals surface area contributed by atoms with Crippen LogP contribution in [0, 0.1) is 0 Å². The molecule has 108 valence electrons. The Balaban J connectivity index is 1.94. The molecule has 1 N–H and O–H groups in total.